The second-order valence-corrected chi connectivity index (χ2v) is 16.0. The highest BCUT2D eigenvalue weighted by Crippen LogP contribution is 2.65. The van der Waals surface area contributed by atoms with E-state index in [-0.39, 0.29) is 25.3 Å². The standard InChI is InChI=1S/C49H44N6O9/c1-62-44(58)35(45(59)63-2)16-9-11-30-17-22-37-36(29-30)49(47(61)52-37)38(43(57)53-25-27-54(28-26-53)48-50-23-10-24-51-48)40-46(60)64-41(32-14-7-4-8-15-32)39(31-12-5-3-6-13-31)55(40)42(49)33-18-20-34(56)21-19-33/h3-8,10,12-15,17-24,29,35,38-42,56H,16,25-28H2,1-2H3,(H,52,61)/t38-,39-,40-,41+,42+,49-/m1/s1. The van der Waals surface area contributed by atoms with Crippen molar-refractivity contribution in [2.45, 2.75) is 36.1 Å². The molecule has 4 aliphatic heterocycles. The molecule has 0 unspecified atom stereocenters. The summed E-state index contributed by atoms with van der Waals surface area (Å²) in [5.41, 5.74) is 1.58. The van der Waals surface area contributed by atoms with Crippen molar-refractivity contribution in [3.63, 3.8) is 0 Å². The molecule has 1 spiro atoms. The lowest BCUT2D eigenvalue weighted by atomic mass is 9.65. The zero-order valence-corrected chi connectivity index (χ0v) is 35.0. The van der Waals surface area contributed by atoms with Crippen LogP contribution >= 0.6 is 0 Å². The third kappa shape index (κ3) is 7.15. The van der Waals surface area contributed by atoms with Gasteiger partial charge in [-0.2, -0.15) is 0 Å². The molecule has 5 aromatic rings. The molecule has 2 amide bonds. The third-order valence-electron chi connectivity index (χ3n) is 12.7. The van der Waals surface area contributed by atoms with Crippen molar-refractivity contribution in [1.82, 2.24) is 19.8 Å². The van der Waals surface area contributed by atoms with Gasteiger partial charge in [0.25, 0.3) is 0 Å². The molecule has 6 atom stereocenters. The van der Waals surface area contributed by atoms with Crippen molar-refractivity contribution in [2.24, 2.45) is 11.8 Å². The molecule has 3 fully saturated rings. The summed E-state index contributed by atoms with van der Waals surface area (Å²) in [6.07, 6.45) is 2.25. The number of aromatic hydroxyl groups is 1. The number of esters is 3. The molecule has 64 heavy (non-hydrogen) atoms. The number of anilines is 2. The molecule has 4 aromatic carbocycles. The maximum absolute atomic E-state index is 15.8. The van der Waals surface area contributed by atoms with Gasteiger partial charge in [-0.1, -0.05) is 84.6 Å². The van der Waals surface area contributed by atoms with Crippen LogP contribution in [0.2, 0.25) is 0 Å². The number of hydrogen-bond acceptors (Lipinski definition) is 13. The Morgan fingerprint density at radius 2 is 1.45 bits per heavy atom. The van der Waals surface area contributed by atoms with Gasteiger partial charge in [-0.3, -0.25) is 28.9 Å². The summed E-state index contributed by atoms with van der Waals surface area (Å²) in [7, 11) is 2.34. The summed E-state index contributed by atoms with van der Waals surface area (Å²) in [6, 6.07) is 29.4. The van der Waals surface area contributed by atoms with Gasteiger partial charge in [0.1, 0.15) is 23.3 Å². The number of rotatable bonds is 8. The van der Waals surface area contributed by atoms with Crippen molar-refractivity contribution in [2.75, 3.05) is 50.6 Å². The molecule has 9 rings (SSSR count). The first kappa shape index (κ1) is 41.8. The summed E-state index contributed by atoms with van der Waals surface area (Å²) >= 11 is 0. The Morgan fingerprint density at radius 1 is 0.812 bits per heavy atom. The number of piperazine rings is 1. The highest BCUT2D eigenvalue weighted by Gasteiger charge is 2.74. The predicted octanol–water partition coefficient (Wildman–Crippen LogP) is 4.51. The smallest absolute Gasteiger partial charge is 0.324 e. The van der Waals surface area contributed by atoms with Gasteiger partial charge in [0.2, 0.25) is 17.8 Å². The van der Waals surface area contributed by atoms with Crippen LogP contribution in [0.1, 0.15) is 52.4 Å². The number of benzene rings is 4. The van der Waals surface area contributed by atoms with E-state index in [0.717, 1.165) is 11.1 Å². The van der Waals surface area contributed by atoms with Crippen LogP contribution in [0.15, 0.2) is 122 Å². The molecule has 0 radical (unpaired) electrons. The number of cyclic esters (lactones) is 1. The molecule has 2 N–H and O–H groups in total. The Balaban J connectivity index is 1.25. The van der Waals surface area contributed by atoms with E-state index in [0.29, 0.717) is 41.4 Å². The van der Waals surface area contributed by atoms with Gasteiger partial charge in [-0.25, -0.2) is 9.97 Å². The van der Waals surface area contributed by atoms with Gasteiger partial charge in [0, 0.05) is 56.2 Å². The molecule has 5 heterocycles. The van der Waals surface area contributed by atoms with Gasteiger partial charge in [-0.15, -0.1) is 0 Å². The molecular weight excluding hydrogens is 817 g/mol. The zero-order chi connectivity index (χ0) is 44.5. The van der Waals surface area contributed by atoms with Gasteiger partial charge in [0.05, 0.1) is 32.2 Å². The van der Waals surface area contributed by atoms with Crippen LogP contribution in [-0.2, 0) is 43.6 Å². The number of nitrogens with zero attached hydrogens (tertiary/aromatic N) is 5. The van der Waals surface area contributed by atoms with Crippen LogP contribution in [0.4, 0.5) is 11.6 Å². The fourth-order valence-electron chi connectivity index (χ4n) is 9.89. The number of phenols is 1. The van der Waals surface area contributed by atoms with E-state index >= 15 is 14.4 Å². The molecule has 0 bridgehead atoms. The topological polar surface area (TPSA) is 181 Å². The largest absolute Gasteiger partial charge is 0.508 e. The first-order valence-electron chi connectivity index (χ1n) is 20.9. The molecule has 15 heteroatoms. The lowest BCUT2D eigenvalue weighted by molar-refractivity contribution is -0.179. The Bertz CT molecular complexity index is 2630. The molecular formula is C49H44N6O9. The summed E-state index contributed by atoms with van der Waals surface area (Å²) in [5.74, 6) is 0.701. The second kappa shape index (κ2) is 17.3. The van der Waals surface area contributed by atoms with Gasteiger partial charge in [-0.05, 0) is 58.7 Å². The maximum Gasteiger partial charge on any atom is 0.324 e. The zero-order valence-electron chi connectivity index (χ0n) is 35.0. The summed E-state index contributed by atoms with van der Waals surface area (Å²) < 4.78 is 16.2. The number of morpholine rings is 1. The van der Waals surface area contributed by atoms with E-state index in [4.69, 9.17) is 14.2 Å². The summed E-state index contributed by atoms with van der Waals surface area (Å²) in [4.78, 5) is 86.0. The van der Waals surface area contributed by atoms with Gasteiger partial charge in [0.15, 0.2) is 5.92 Å². The van der Waals surface area contributed by atoms with Crippen LogP contribution < -0.4 is 10.2 Å². The molecule has 15 nitrogen and oxygen atoms in total. The Labute approximate surface area is 369 Å². The minimum Gasteiger partial charge on any atom is -0.508 e. The van der Waals surface area contributed by atoms with E-state index in [2.05, 4.69) is 27.1 Å². The number of hydrogen-bond donors (Lipinski definition) is 2. The van der Waals surface area contributed by atoms with Crippen molar-refractivity contribution in [3.8, 4) is 17.6 Å². The molecule has 4 aliphatic rings. The number of amides is 2. The number of ether oxygens (including phenoxy) is 3. The highest BCUT2D eigenvalue weighted by atomic mass is 16.6. The fraction of sp³-hybridized carbons (Fsp3) is 0.286. The lowest BCUT2D eigenvalue weighted by Gasteiger charge is -2.46. The summed E-state index contributed by atoms with van der Waals surface area (Å²) in [6.45, 7) is 1.31. The lowest BCUT2D eigenvalue weighted by Crippen LogP contribution is -2.58. The van der Waals surface area contributed by atoms with Crippen molar-refractivity contribution >= 4 is 41.4 Å². The van der Waals surface area contributed by atoms with E-state index in [1.54, 1.807) is 53.7 Å². The highest BCUT2D eigenvalue weighted by molar-refractivity contribution is 6.12. The molecule has 0 aliphatic carbocycles. The number of fused-ring (bicyclic) bond motifs is 3. The predicted molar refractivity (Wildman–Crippen MR) is 231 cm³/mol. The van der Waals surface area contributed by atoms with Crippen molar-refractivity contribution in [1.29, 1.82) is 0 Å². The van der Waals surface area contributed by atoms with E-state index in [1.165, 1.54) is 26.4 Å². The number of carbonyl (C=O) groups excluding carboxylic acids is 5. The fourth-order valence-corrected chi connectivity index (χ4v) is 9.89. The molecule has 0 saturated carbocycles. The molecule has 3 saturated heterocycles. The van der Waals surface area contributed by atoms with E-state index in [9.17, 15) is 14.7 Å². The number of carbonyl (C=O) groups is 5. The van der Waals surface area contributed by atoms with Crippen molar-refractivity contribution < 1.29 is 43.3 Å². The van der Waals surface area contributed by atoms with E-state index in [1.807, 2.05) is 70.5 Å². The average molecular weight is 861 g/mol. The number of aromatic nitrogens is 2. The second-order valence-electron chi connectivity index (χ2n) is 16.0. The number of nitrogens with one attached hydrogen (secondary N) is 1. The first-order chi connectivity index (χ1) is 31.1. The van der Waals surface area contributed by atoms with Gasteiger partial charge >= 0.3 is 17.9 Å². The third-order valence-corrected chi connectivity index (χ3v) is 12.7. The first-order valence-corrected chi connectivity index (χ1v) is 20.9. The van der Waals surface area contributed by atoms with E-state index < -0.39 is 71.2 Å². The number of methoxy groups -OCH3 is 2. The monoisotopic (exact) mass is 860 g/mol. The Morgan fingerprint density at radius 3 is 2.09 bits per heavy atom. The van der Waals surface area contributed by atoms with Crippen LogP contribution in [-0.4, -0.2) is 101 Å². The van der Waals surface area contributed by atoms with Crippen molar-refractivity contribution in [3.05, 3.63) is 149 Å². The normalized spacial score (nSPS) is 23.6. The average Bonchev–Trinajstić information content (AvgIpc) is 3.81. The summed E-state index contributed by atoms with van der Waals surface area (Å²) in [5, 5.41) is 13.7. The van der Waals surface area contributed by atoms with Crippen LogP contribution in [0.5, 0.6) is 5.75 Å². The minimum absolute atomic E-state index is 0.00823. The quantitative estimate of drug-likeness (QED) is 0.0965. The SMILES string of the molecule is COC(=O)C(CC#Cc1ccc2c(c1)[C@]1(C(=O)N2)[C@H](c2ccc(O)cc2)N2[C@H](c3ccccc3)[C@H](c3ccccc3)OC(=O)[C@H]2[C@@H]1C(=O)N1CCN(c2ncccn2)CC1)C(=O)OC. The Kier molecular flexibility index (Phi) is 11.3. The molecule has 324 valence electrons. The molecule has 1 aromatic heterocycles. The van der Waals surface area contributed by atoms with Gasteiger partial charge < -0.3 is 34.4 Å². The number of phenolic OH excluding ortho intramolecular Hbond substituents is 1. The maximum atomic E-state index is 15.8. The van der Waals surface area contributed by atoms with Crippen LogP contribution in [0.3, 0.4) is 0 Å². The van der Waals surface area contributed by atoms with Crippen LogP contribution in [0.25, 0.3) is 0 Å². The van der Waals surface area contributed by atoms with Crippen LogP contribution in [0, 0.1) is 23.7 Å². The minimum atomic E-state index is -1.79. The Hall–Kier alpha value is -7.57.